The summed E-state index contributed by atoms with van der Waals surface area (Å²) in [5, 5.41) is 7.92. The molecule has 3 rings (SSSR count). The number of halogens is 1. The lowest BCUT2D eigenvalue weighted by Crippen LogP contribution is -2.22. The maximum absolute atomic E-state index is 12.3. The van der Waals surface area contributed by atoms with Crippen LogP contribution in [0.3, 0.4) is 0 Å². The van der Waals surface area contributed by atoms with Gasteiger partial charge in [0.25, 0.3) is 5.91 Å². The molecule has 0 aliphatic carbocycles. The Morgan fingerprint density at radius 2 is 2.05 bits per heavy atom. The van der Waals surface area contributed by atoms with Crippen LogP contribution >= 0.6 is 15.9 Å². The lowest BCUT2D eigenvalue weighted by molar-refractivity contribution is 0.0952. The highest BCUT2D eigenvalue weighted by molar-refractivity contribution is 9.08. The number of benzene rings is 1. The van der Waals surface area contributed by atoms with Gasteiger partial charge in [-0.3, -0.25) is 4.79 Å². The van der Waals surface area contributed by atoms with Crippen LogP contribution in [0.1, 0.15) is 21.5 Å². The summed E-state index contributed by atoms with van der Waals surface area (Å²) in [6.45, 7) is 0.504. The monoisotopic (exact) mass is 343 g/mol. The summed E-state index contributed by atoms with van der Waals surface area (Å²) in [7, 11) is 0. The van der Waals surface area contributed by atoms with E-state index < -0.39 is 0 Å². The van der Waals surface area contributed by atoms with E-state index in [0.29, 0.717) is 12.1 Å². The van der Waals surface area contributed by atoms with Crippen molar-refractivity contribution in [3.8, 4) is 0 Å². The number of carbonyl (C=O) groups is 1. The molecule has 1 aromatic carbocycles. The Kier molecular flexibility index (Phi) is 4.01. The zero-order chi connectivity index (χ0) is 14.7. The summed E-state index contributed by atoms with van der Waals surface area (Å²) < 4.78 is 1.69. The molecule has 1 N–H and O–H groups in total. The van der Waals surface area contributed by atoms with Gasteiger partial charge in [0.1, 0.15) is 0 Å². The lowest BCUT2D eigenvalue weighted by atomic mass is 10.1. The fraction of sp³-hybridized carbons (Fsp3) is 0.125. The zero-order valence-electron chi connectivity index (χ0n) is 11.3. The Morgan fingerprint density at radius 3 is 2.90 bits per heavy atom. The summed E-state index contributed by atoms with van der Waals surface area (Å²) >= 11 is 3.43. The number of hydrogen-bond donors (Lipinski definition) is 1. The number of hydrogen-bond acceptors (Lipinski definition) is 2. The van der Waals surface area contributed by atoms with E-state index in [1.54, 1.807) is 10.7 Å². The Labute approximate surface area is 130 Å². The highest BCUT2D eigenvalue weighted by atomic mass is 79.9. The van der Waals surface area contributed by atoms with Gasteiger partial charge in [-0.1, -0.05) is 46.3 Å². The topological polar surface area (TPSA) is 46.4 Å². The lowest BCUT2D eigenvalue weighted by Gasteiger charge is -2.06. The van der Waals surface area contributed by atoms with Crippen LogP contribution < -0.4 is 5.32 Å². The number of fused-ring (bicyclic) bond motifs is 1. The van der Waals surface area contributed by atoms with Crippen LogP contribution in [0.4, 0.5) is 0 Å². The highest BCUT2D eigenvalue weighted by Crippen LogP contribution is 2.11. The van der Waals surface area contributed by atoms with Gasteiger partial charge in [0.2, 0.25) is 0 Å². The van der Waals surface area contributed by atoms with Crippen LogP contribution in [0.5, 0.6) is 0 Å². The van der Waals surface area contributed by atoms with Gasteiger partial charge in [0, 0.05) is 18.1 Å². The van der Waals surface area contributed by atoms with E-state index in [9.17, 15) is 4.79 Å². The van der Waals surface area contributed by atoms with E-state index in [-0.39, 0.29) is 5.91 Å². The van der Waals surface area contributed by atoms with Crippen molar-refractivity contribution < 1.29 is 4.79 Å². The summed E-state index contributed by atoms with van der Waals surface area (Å²) in [4.78, 5) is 12.3. The average Bonchev–Trinajstić information content (AvgIpc) is 2.97. The van der Waals surface area contributed by atoms with Crippen LogP contribution in [-0.2, 0) is 11.9 Å². The SMILES string of the molecule is O=C(NCc1cccc(CBr)c1)c1cnn2ccccc12. The molecule has 2 aromatic heterocycles. The first-order chi connectivity index (χ1) is 10.3. The molecule has 0 spiro atoms. The van der Waals surface area contributed by atoms with Gasteiger partial charge < -0.3 is 5.32 Å². The third-order valence-electron chi connectivity index (χ3n) is 3.27. The minimum Gasteiger partial charge on any atom is -0.348 e. The number of carbonyl (C=O) groups excluding carboxylic acids is 1. The van der Waals surface area contributed by atoms with Gasteiger partial charge in [-0.05, 0) is 23.3 Å². The van der Waals surface area contributed by atoms with Crippen LogP contribution in [0.25, 0.3) is 5.52 Å². The van der Waals surface area contributed by atoms with E-state index >= 15 is 0 Å². The van der Waals surface area contributed by atoms with Crippen molar-refractivity contribution in [3.05, 3.63) is 71.5 Å². The summed E-state index contributed by atoms with van der Waals surface area (Å²) in [5.74, 6) is -0.111. The second-order valence-electron chi connectivity index (χ2n) is 4.72. The highest BCUT2D eigenvalue weighted by Gasteiger charge is 2.11. The van der Waals surface area contributed by atoms with Crippen molar-refractivity contribution in [1.82, 2.24) is 14.9 Å². The molecule has 1 amide bonds. The molecule has 2 heterocycles. The second kappa shape index (κ2) is 6.10. The Morgan fingerprint density at radius 1 is 1.19 bits per heavy atom. The van der Waals surface area contributed by atoms with Crippen molar-refractivity contribution in [2.24, 2.45) is 0 Å². The normalized spacial score (nSPS) is 10.7. The molecule has 0 radical (unpaired) electrons. The van der Waals surface area contributed by atoms with E-state index in [1.165, 1.54) is 5.56 Å². The van der Waals surface area contributed by atoms with E-state index in [2.05, 4.69) is 32.4 Å². The molecule has 0 fully saturated rings. The second-order valence-corrected chi connectivity index (χ2v) is 5.29. The molecule has 0 unspecified atom stereocenters. The summed E-state index contributed by atoms with van der Waals surface area (Å²) in [6, 6.07) is 13.8. The van der Waals surface area contributed by atoms with Gasteiger partial charge in [0.15, 0.2) is 0 Å². The molecule has 0 aliphatic rings. The largest absolute Gasteiger partial charge is 0.348 e. The molecule has 5 heteroatoms. The maximum Gasteiger partial charge on any atom is 0.255 e. The Bertz CT molecular complexity index is 782. The summed E-state index contributed by atoms with van der Waals surface area (Å²) in [5.41, 5.74) is 3.67. The number of rotatable bonds is 4. The molecule has 4 nitrogen and oxygen atoms in total. The van der Waals surface area contributed by atoms with Crippen LogP contribution in [0.2, 0.25) is 0 Å². The van der Waals surface area contributed by atoms with E-state index in [0.717, 1.165) is 16.4 Å². The molecular weight excluding hydrogens is 330 g/mol. The molecule has 21 heavy (non-hydrogen) atoms. The van der Waals surface area contributed by atoms with E-state index in [1.807, 2.05) is 42.6 Å². The molecule has 0 aliphatic heterocycles. The first-order valence-corrected chi connectivity index (χ1v) is 7.74. The third-order valence-corrected chi connectivity index (χ3v) is 3.92. The van der Waals surface area contributed by atoms with Crippen molar-refractivity contribution in [3.63, 3.8) is 0 Å². The number of nitrogens with zero attached hydrogens (tertiary/aromatic N) is 2. The van der Waals surface area contributed by atoms with E-state index in [4.69, 9.17) is 0 Å². The quantitative estimate of drug-likeness (QED) is 0.739. The molecular formula is C16H14BrN3O. The molecule has 0 atom stereocenters. The molecule has 0 bridgehead atoms. The summed E-state index contributed by atoms with van der Waals surface area (Å²) in [6.07, 6.45) is 3.42. The van der Waals surface area contributed by atoms with Crippen molar-refractivity contribution >= 4 is 27.4 Å². The number of nitrogens with one attached hydrogen (secondary N) is 1. The minimum atomic E-state index is -0.111. The average molecular weight is 344 g/mol. The Hall–Kier alpha value is -2.14. The molecule has 106 valence electrons. The van der Waals surface area contributed by atoms with Gasteiger partial charge >= 0.3 is 0 Å². The number of alkyl halides is 1. The Balaban J connectivity index is 1.74. The van der Waals surface area contributed by atoms with Crippen molar-refractivity contribution in [2.45, 2.75) is 11.9 Å². The smallest absolute Gasteiger partial charge is 0.255 e. The fourth-order valence-electron chi connectivity index (χ4n) is 2.21. The fourth-order valence-corrected chi connectivity index (χ4v) is 2.56. The zero-order valence-corrected chi connectivity index (χ0v) is 12.9. The predicted octanol–water partition coefficient (Wildman–Crippen LogP) is 3.16. The van der Waals surface area contributed by atoms with Gasteiger partial charge in [0.05, 0.1) is 17.3 Å². The standard InChI is InChI=1S/C16H14BrN3O/c17-9-12-4-3-5-13(8-12)10-18-16(21)14-11-19-20-7-2-1-6-15(14)20/h1-8,11H,9-10H2,(H,18,21). The molecule has 0 saturated carbocycles. The minimum absolute atomic E-state index is 0.111. The van der Waals surface area contributed by atoms with Crippen LogP contribution in [0.15, 0.2) is 54.9 Å². The molecule has 3 aromatic rings. The van der Waals surface area contributed by atoms with Crippen LogP contribution in [-0.4, -0.2) is 15.5 Å². The van der Waals surface area contributed by atoms with Crippen molar-refractivity contribution in [2.75, 3.05) is 0 Å². The number of amides is 1. The molecule has 0 saturated heterocycles. The first kappa shape index (κ1) is 13.8. The van der Waals surface area contributed by atoms with Gasteiger partial charge in [-0.15, -0.1) is 0 Å². The van der Waals surface area contributed by atoms with Crippen LogP contribution in [0, 0.1) is 0 Å². The maximum atomic E-state index is 12.3. The van der Waals surface area contributed by atoms with Gasteiger partial charge in [-0.25, -0.2) is 4.52 Å². The predicted molar refractivity (Wildman–Crippen MR) is 85.4 cm³/mol. The first-order valence-electron chi connectivity index (χ1n) is 6.62. The third kappa shape index (κ3) is 2.97. The van der Waals surface area contributed by atoms with Gasteiger partial charge in [-0.2, -0.15) is 5.10 Å². The number of aromatic nitrogens is 2. The van der Waals surface area contributed by atoms with Crippen molar-refractivity contribution in [1.29, 1.82) is 0 Å². The number of pyridine rings is 1.